The number of benzene rings is 2. The van der Waals surface area contributed by atoms with E-state index in [1.54, 1.807) is 0 Å². The molecule has 0 saturated carbocycles. The number of rotatable bonds is 3. The Kier molecular flexibility index (Phi) is 5.04. The smallest absolute Gasteiger partial charge is 0.252 e. The van der Waals surface area contributed by atoms with Crippen LogP contribution in [0.25, 0.3) is 0 Å². The zero-order chi connectivity index (χ0) is 15.6. The van der Waals surface area contributed by atoms with E-state index in [4.69, 9.17) is 0 Å². The summed E-state index contributed by atoms with van der Waals surface area (Å²) in [5.41, 5.74) is 5.66. The zero-order valence-electron chi connectivity index (χ0n) is 12.8. The lowest BCUT2D eigenvalue weighted by atomic mass is 9.96. The average molecular weight is 393 g/mol. The third-order valence-electron chi connectivity index (χ3n) is 3.81. The summed E-state index contributed by atoms with van der Waals surface area (Å²) in [7, 11) is 0. The van der Waals surface area contributed by atoms with Crippen molar-refractivity contribution in [1.82, 2.24) is 5.32 Å². The molecule has 1 amide bonds. The lowest BCUT2D eigenvalue weighted by molar-refractivity contribution is 0.0939. The highest BCUT2D eigenvalue weighted by atomic mass is 127. The molecular weight excluding hydrogens is 373 g/mol. The molecule has 0 heterocycles. The molecule has 0 radical (unpaired) electrons. The molecule has 0 aliphatic carbocycles. The van der Waals surface area contributed by atoms with Crippen molar-refractivity contribution in [2.45, 2.75) is 33.7 Å². The molecule has 21 heavy (non-hydrogen) atoms. The first-order valence-corrected chi connectivity index (χ1v) is 8.11. The van der Waals surface area contributed by atoms with Crippen LogP contribution < -0.4 is 5.32 Å². The van der Waals surface area contributed by atoms with Gasteiger partial charge in [-0.05, 0) is 84.7 Å². The first-order valence-electron chi connectivity index (χ1n) is 7.03. The number of amides is 1. The lowest BCUT2D eigenvalue weighted by Gasteiger charge is -2.19. The molecule has 0 bridgehead atoms. The summed E-state index contributed by atoms with van der Waals surface area (Å²) in [5.74, 6) is -0.0230. The average Bonchev–Trinajstić information content (AvgIpc) is 2.43. The van der Waals surface area contributed by atoms with Crippen LogP contribution in [-0.2, 0) is 0 Å². The molecule has 0 spiro atoms. The van der Waals surface area contributed by atoms with E-state index in [2.05, 4.69) is 60.8 Å². The van der Waals surface area contributed by atoms with Gasteiger partial charge >= 0.3 is 0 Å². The summed E-state index contributed by atoms with van der Waals surface area (Å²) < 4.78 is 0.969. The van der Waals surface area contributed by atoms with Gasteiger partial charge in [-0.3, -0.25) is 4.79 Å². The van der Waals surface area contributed by atoms with Gasteiger partial charge in [0, 0.05) is 3.57 Å². The van der Waals surface area contributed by atoms with Crippen molar-refractivity contribution >= 4 is 28.5 Å². The Labute approximate surface area is 140 Å². The fraction of sp³-hybridized carbons (Fsp3) is 0.278. The molecule has 1 unspecified atom stereocenters. The van der Waals surface area contributed by atoms with Crippen LogP contribution in [0.4, 0.5) is 0 Å². The van der Waals surface area contributed by atoms with E-state index < -0.39 is 0 Å². The molecule has 2 rings (SSSR count). The minimum absolute atomic E-state index is 0.00666. The van der Waals surface area contributed by atoms with Gasteiger partial charge in [-0.25, -0.2) is 0 Å². The topological polar surface area (TPSA) is 29.1 Å². The molecule has 2 nitrogen and oxygen atoms in total. The van der Waals surface area contributed by atoms with E-state index in [1.165, 1.54) is 22.3 Å². The molecule has 0 saturated heterocycles. The molecular formula is C18H20INO. The van der Waals surface area contributed by atoms with Crippen molar-refractivity contribution in [3.05, 3.63) is 67.8 Å². The summed E-state index contributed by atoms with van der Waals surface area (Å²) in [5, 5.41) is 3.10. The van der Waals surface area contributed by atoms with Gasteiger partial charge < -0.3 is 5.32 Å². The second kappa shape index (κ2) is 6.60. The number of hydrogen-bond donors (Lipinski definition) is 1. The van der Waals surface area contributed by atoms with E-state index in [0.29, 0.717) is 0 Å². The molecule has 2 aromatic carbocycles. The van der Waals surface area contributed by atoms with Crippen molar-refractivity contribution < 1.29 is 4.79 Å². The summed E-state index contributed by atoms with van der Waals surface area (Å²) >= 11 is 2.19. The molecule has 110 valence electrons. The fourth-order valence-electron chi connectivity index (χ4n) is 2.45. The minimum Gasteiger partial charge on any atom is -0.345 e. The molecule has 1 atom stereocenters. The molecule has 1 N–H and O–H groups in total. The summed E-state index contributed by atoms with van der Waals surface area (Å²) in [6.45, 7) is 8.34. The van der Waals surface area contributed by atoms with Gasteiger partial charge in [0.05, 0.1) is 11.6 Å². The van der Waals surface area contributed by atoms with Gasteiger partial charge in [0.2, 0.25) is 0 Å². The van der Waals surface area contributed by atoms with Crippen molar-refractivity contribution in [3.8, 4) is 0 Å². The Morgan fingerprint density at radius 3 is 2.33 bits per heavy atom. The molecule has 0 aliphatic rings. The van der Waals surface area contributed by atoms with Crippen LogP contribution in [0.2, 0.25) is 0 Å². The number of nitrogens with one attached hydrogen (secondary N) is 1. The van der Waals surface area contributed by atoms with Crippen LogP contribution in [0.3, 0.4) is 0 Å². The van der Waals surface area contributed by atoms with E-state index in [1.807, 2.05) is 31.2 Å². The molecule has 0 aromatic heterocycles. The second-order valence-corrected chi connectivity index (χ2v) is 6.63. The predicted octanol–water partition coefficient (Wildman–Crippen LogP) is 4.71. The minimum atomic E-state index is -0.0230. The summed E-state index contributed by atoms with van der Waals surface area (Å²) in [4.78, 5) is 12.4. The van der Waals surface area contributed by atoms with Gasteiger partial charge in [0.15, 0.2) is 0 Å². The van der Waals surface area contributed by atoms with Crippen molar-refractivity contribution in [1.29, 1.82) is 0 Å². The van der Waals surface area contributed by atoms with Crippen LogP contribution >= 0.6 is 22.6 Å². The van der Waals surface area contributed by atoms with Gasteiger partial charge in [0.25, 0.3) is 5.91 Å². The highest BCUT2D eigenvalue weighted by Crippen LogP contribution is 2.22. The standard InChI is InChI=1S/C18H20INO/c1-11-9-13(3)16(10-12(11)2)14(4)20-18(21)15-7-5-6-8-17(15)19/h5-10,14H,1-4H3,(H,20,21). The Hall–Kier alpha value is -1.36. The first-order chi connectivity index (χ1) is 9.90. The molecule has 2 aromatic rings. The monoisotopic (exact) mass is 393 g/mol. The maximum absolute atomic E-state index is 12.4. The van der Waals surface area contributed by atoms with E-state index in [-0.39, 0.29) is 11.9 Å². The van der Waals surface area contributed by atoms with Gasteiger partial charge in [-0.1, -0.05) is 24.3 Å². The van der Waals surface area contributed by atoms with Crippen LogP contribution in [0.15, 0.2) is 36.4 Å². The van der Waals surface area contributed by atoms with Crippen LogP contribution in [0, 0.1) is 24.3 Å². The number of hydrogen-bond acceptors (Lipinski definition) is 1. The van der Waals surface area contributed by atoms with Crippen molar-refractivity contribution in [2.24, 2.45) is 0 Å². The SMILES string of the molecule is Cc1cc(C)c(C(C)NC(=O)c2ccccc2I)cc1C. The highest BCUT2D eigenvalue weighted by Gasteiger charge is 2.15. The van der Waals surface area contributed by atoms with Gasteiger partial charge in [-0.15, -0.1) is 0 Å². The van der Waals surface area contributed by atoms with Crippen LogP contribution in [0.1, 0.15) is 45.6 Å². The third kappa shape index (κ3) is 3.64. The number of carbonyl (C=O) groups excluding carboxylic acids is 1. The quantitative estimate of drug-likeness (QED) is 0.753. The predicted molar refractivity (Wildman–Crippen MR) is 95.7 cm³/mol. The Morgan fingerprint density at radius 2 is 1.67 bits per heavy atom. The van der Waals surface area contributed by atoms with Crippen molar-refractivity contribution in [2.75, 3.05) is 0 Å². The van der Waals surface area contributed by atoms with Crippen molar-refractivity contribution in [3.63, 3.8) is 0 Å². The van der Waals surface area contributed by atoms with Crippen LogP contribution in [0.5, 0.6) is 0 Å². The first kappa shape index (κ1) is 16.0. The Balaban J connectivity index is 2.22. The van der Waals surface area contributed by atoms with E-state index in [9.17, 15) is 4.79 Å². The highest BCUT2D eigenvalue weighted by molar-refractivity contribution is 14.1. The maximum atomic E-state index is 12.4. The second-order valence-electron chi connectivity index (χ2n) is 5.47. The Morgan fingerprint density at radius 1 is 1.05 bits per heavy atom. The maximum Gasteiger partial charge on any atom is 0.252 e. The normalized spacial score (nSPS) is 12.0. The van der Waals surface area contributed by atoms with Crippen LogP contribution in [-0.4, -0.2) is 5.91 Å². The lowest BCUT2D eigenvalue weighted by Crippen LogP contribution is -2.27. The fourth-order valence-corrected chi connectivity index (χ4v) is 3.08. The van der Waals surface area contributed by atoms with Gasteiger partial charge in [0.1, 0.15) is 0 Å². The van der Waals surface area contributed by atoms with Gasteiger partial charge in [-0.2, -0.15) is 0 Å². The van der Waals surface area contributed by atoms with E-state index in [0.717, 1.165) is 9.13 Å². The molecule has 0 aliphatic heterocycles. The molecule has 3 heteroatoms. The molecule has 0 fully saturated rings. The number of aryl methyl sites for hydroxylation is 3. The summed E-state index contributed by atoms with van der Waals surface area (Å²) in [6.07, 6.45) is 0. The Bertz CT molecular complexity index is 679. The number of halogens is 1. The zero-order valence-corrected chi connectivity index (χ0v) is 15.0. The summed E-state index contributed by atoms with van der Waals surface area (Å²) in [6, 6.07) is 12.0. The largest absolute Gasteiger partial charge is 0.345 e. The number of carbonyl (C=O) groups is 1. The van der Waals surface area contributed by atoms with E-state index >= 15 is 0 Å². The third-order valence-corrected chi connectivity index (χ3v) is 4.76.